The minimum absolute atomic E-state index is 0.0000970. The summed E-state index contributed by atoms with van der Waals surface area (Å²) in [5.41, 5.74) is 0.796. The van der Waals surface area contributed by atoms with Gasteiger partial charge in [-0.2, -0.15) is 0 Å². The summed E-state index contributed by atoms with van der Waals surface area (Å²) in [6, 6.07) is 5.69. The summed E-state index contributed by atoms with van der Waals surface area (Å²) in [5.74, 6) is -3.51. The number of hydrogen-bond acceptors (Lipinski definition) is 6. The molecule has 0 saturated carbocycles. The Morgan fingerprint density at radius 2 is 1.88 bits per heavy atom. The minimum Gasteiger partial charge on any atom is -0.481 e. The first-order valence-corrected chi connectivity index (χ1v) is 10.9. The number of aldehydes is 1. The van der Waals surface area contributed by atoms with E-state index in [0.29, 0.717) is 12.7 Å². The first kappa shape index (κ1) is 24.6. The second-order valence-electron chi connectivity index (χ2n) is 8.05. The van der Waals surface area contributed by atoms with Crippen LogP contribution in [-0.2, 0) is 28.8 Å². The number of hydrazine groups is 1. The monoisotopic (exact) mass is 470 g/mol. The molecule has 0 unspecified atom stereocenters. The summed E-state index contributed by atoms with van der Waals surface area (Å²) in [7, 11) is 0. The quantitative estimate of drug-likeness (QED) is 0.353. The van der Waals surface area contributed by atoms with E-state index in [2.05, 4.69) is 10.6 Å². The molecule has 11 heteroatoms. The highest BCUT2D eigenvalue weighted by molar-refractivity contribution is 5.98. The number of benzene rings is 1. The van der Waals surface area contributed by atoms with Gasteiger partial charge in [-0.05, 0) is 30.9 Å². The standard InChI is InChI=1S/C23H26N4O7/c28-14-16(13-21(31)32)24-22(33)18-7-4-12-26-20(30)11-9-17(23(34)27(18)26)25-19(29)10-8-15-5-2-1-3-6-15/h1-3,5-6,8,10,14,16-18H,4,7,9,11-13H2,(H,24,33)(H,25,29)(H,31,32)/b10-8+/t16-,17-,18-/m0/s1. The maximum atomic E-state index is 13.3. The second kappa shape index (κ2) is 11.2. The number of carbonyl (C=O) groups is 6. The van der Waals surface area contributed by atoms with Crippen LogP contribution in [0.15, 0.2) is 36.4 Å². The first-order chi connectivity index (χ1) is 16.3. The van der Waals surface area contributed by atoms with Crippen molar-refractivity contribution >= 4 is 42.0 Å². The molecule has 2 saturated heterocycles. The van der Waals surface area contributed by atoms with Crippen molar-refractivity contribution in [3.63, 3.8) is 0 Å². The van der Waals surface area contributed by atoms with E-state index in [1.165, 1.54) is 11.1 Å². The predicted octanol–water partition coefficient (Wildman–Crippen LogP) is -0.129. The Morgan fingerprint density at radius 1 is 1.15 bits per heavy atom. The largest absolute Gasteiger partial charge is 0.481 e. The molecule has 34 heavy (non-hydrogen) atoms. The highest BCUT2D eigenvalue weighted by Gasteiger charge is 2.44. The third-order valence-electron chi connectivity index (χ3n) is 5.59. The predicted molar refractivity (Wildman–Crippen MR) is 118 cm³/mol. The zero-order valence-corrected chi connectivity index (χ0v) is 18.4. The maximum Gasteiger partial charge on any atom is 0.305 e. The van der Waals surface area contributed by atoms with E-state index in [9.17, 15) is 28.8 Å². The summed E-state index contributed by atoms with van der Waals surface area (Å²) in [6.07, 6.45) is 3.31. The minimum atomic E-state index is -1.27. The van der Waals surface area contributed by atoms with Crippen molar-refractivity contribution in [1.29, 1.82) is 0 Å². The number of nitrogens with zero attached hydrogens (tertiary/aromatic N) is 2. The van der Waals surface area contributed by atoms with Crippen LogP contribution in [0.1, 0.15) is 37.7 Å². The Kier molecular flexibility index (Phi) is 8.12. The second-order valence-corrected chi connectivity index (χ2v) is 8.05. The molecule has 0 aromatic heterocycles. The smallest absolute Gasteiger partial charge is 0.305 e. The van der Waals surface area contributed by atoms with Gasteiger partial charge >= 0.3 is 5.97 Å². The van der Waals surface area contributed by atoms with Crippen molar-refractivity contribution in [3.05, 3.63) is 42.0 Å². The van der Waals surface area contributed by atoms with Gasteiger partial charge < -0.3 is 20.5 Å². The molecule has 0 aliphatic carbocycles. The van der Waals surface area contributed by atoms with E-state index in [1.54, 1.807) is 6.08 Å². The highest BCUT2D eigenvalue weighted by atomic mass is 16.4. The SMILES string of the molecule is O=C[C@H](CC(=O)O)NC(=O)[C@@H]1CCCN2C(=O)CC[C@H](NC(=O)/C=C/c3ccccc3)C(=O)N12. The lowest BCUT2D eigenvalue weighted by Gasteiger charge is -2.43. The van der Waals surface area contributed by atoms with Crippen LogP contribution < -0.4 is 10.6 Å². The number of carboxylic acid groups (broad SMARTS) is 1. The van der Waals surface area contributed by atoms with Crippen molar-refractivity contribution in [2.75, 3.05) is 6.54 Å². The van der Waals surface area contributed by atoms with E-state index >= 15 is 0 Å². The third-order valence-corrected chi connectivity index (χ3v) is 5.59. The number of aliphatic carboxylic acids is 1. The summed E-state index contributed by atoms with van der Waals surface area (Å²) >= 11 is 0. The molecule has 1 aromatic rings. The normalized spacial score (nSPS) is 21.4. The molecule has 3 atom stereocenters. The summed E-state index contributed by atoms with van der Waals surface area (Å²) < 4.78 is 0. The number of nitrogens with one attached hydrogen (secondary N) is 2. The molecule has 3 rings (SSSR count). The fraction of sp³-hybridized carbons (Fsp3) is 0.391. The average molecular weight is 470 g/mol. The van der Waals surface area contributed by atoms with Crippen LogP contribution >= 0.6 is 0 Å². The number of rotatable bonds is 8. The number of carbonyl (C=O) groups excluding carboxylic acids is 5. The van der Waals surface area contributed by atoms with Crippen LogP contribution in [-0.4, -0.2) is 75.7 Å². The van der Waals surface area contributed by atoms with Crippen LogP contribution in [0, 0.1) is 0 Å². The first-order valence-electron chi connectivity index (χ1n) is 10.9. The van der Waals surface area contributed by atoms with Crippen molar-refractivity contribution in [2.24, 2.45) is 0 Å². The summed E-state index contributed by atoms with van der Waals surface area (Å²) in [6.45, 7) is 0.231. The molecular weight excluding hydrogens is 444 g/mol. The Hall–Kier alpha value is -4.02. The van der Waals surface area contributed by atoms with Gasteiger partial charge in [-0.1, -0.05) is 30.3 Å². The Morgan fingerprint density at radius 3 is 2.56 bits per heavy atom. The maximum absolute atomic E-state index is 13.3. The van der Waals surface area contributed by atoms with Crippen molar-refractivity contribution in [2.45, 2.75) is 50.2 Å². The molecule has 4 amide bonds. The Bertz CT molecular complexity index is 994. The van der Waals surface area contributed by atoms with Crippen LogP contribution in [0.25, 0.3) is 6.08 Å². The van der Waals surface area contributed by atoms with Crippen molar-refractivity contribution in [1.82, 2.24) is 20.7 Å². The molecule has 0 bridgehead atoms. The van der Waals surface area contributed by atoms with Gasteiger partial charge in [-0.25, -0.2) is 5.01 Å². The molecule has 1 aromatic carbocycles. The lowest BCUT2D eigenvalue weighted by molar-refractivity contribution is -0.176. The number of fused-ring (bicyclic) bond motifs is 1. The van der Waals surface area contributed by atoms with Gasteiger partial charge in [-0.15, -0.1) is 0 Å². The number of carboxylic acids is 1. The number of amides is 4. The Balaban J connectivity index is 1.75. The molecule has 3 N–H and O–H groups in total. The van der Waals surface area contributed by atoms with Gasteiger partial charge in [0.05, 0.1) is 12.5 Å². The molecule has 2 aliphatic rings. The molecule has 2 heterocycles. The van der Waals surface area contributed by atoms with Crippen molar-refractivity contribution < 1.29 is 33.9 Å². The Labute approximate surface area is 195 Å². The van der Waals surface area contributed by atoms with Gasteiger partial charge in [0.15, 0.2) is 0 Å². The van der Waals surface area contributed by atoms with Gasteiger partial charge in [0, 0.05) is 19.0 Å². The zero-order chi connectivity index (χ0) is 24.7. The molecule has 11 nitrogen and oxygen atoms in total. The topological polar surface area (TPSA) is 153 Å². The average Bonchev–Trinajstić information content (AvgIpc) is 2.94. The lowest BCUT2D eigenvalue weighted by Crippen LogP contribution is -2.64. The van der Waals surface area contributed by atoms with Gasteiger partial charge in [0.2, 0.25) is 17.7 Å². The summed E-state index contributed by atoms with van der Waals surface area (Å²) in [5, 5.41) is 16.1. The van der Waals surface area contributed by atoms with Crippen LogP contribution in [0.5, 0.6) is 0 Å². The molecule has 0 radical (unpaired) electrons. The van der Waals surface area contributed by atoms with Crippen molar-refractivity contribution in [3.8, 4) is 0 Å². The van der Waals surface area contributed by atoms with E-state index in [0.717, 1.165) is 10.6 Å². The summed E-state index contributed by atoms with van der Waals surface area (Å²) in [4.78, 5) is 73.4. The van der Waals surface area contributed by atoms with E-state index in [1.807, 2.05) is 30.3 Å². The molecule has 2 aliphatic heterocycles. The van der Waals surface area contributed by atoms with Gasteiger partial charge in [-0.3, -0.25) is 29.0 Å². The number of hydrogen-bond donors (Lipinski definition) is 3. The third kappa shape index (κ3) is 6.06. The zero-order valence-electron chi connectivity index (χ0n) is 18.4. The molecule has 2 fully saturated rings. The van der Waals surface area contributed by atoms with E-state index in [4.69, 9.17) is 5.11 Å². The fourth-order valence-corrected chi connectivity index (χ4v) is 3.96. The molecule has 180 valence electrons. The van der Waals surface area contributed by atoms with Crippen LogP contribution in [0.4, 0.5) is 0 Å². The van der Waals surface area contributed by atoms with E-state index < -0.39 is 48.2 Å². The lowest BCUT2D eigenvalue weighted by atomic mass is 10.0. The van der Waals surface area contributed by atoms with Gasteiger partial charge in [0.25, 0.3) is 5.91 Å². The molecule has 0 spiro atoms. The fourth-order valence-electron chi connectivity index (χ4n) is 3.96. The van der Waals surface area contributed by atoms with Crippen LogP contribution in [0.3, 0.4) is 0 Å². The highest BCUT2D eigenvalue weighted by Crippen LogP contribution is 2.25. The van der Waals surface area contributed by atoms with Gasteiger partial charge in [0.1, 0.15) is 18.4 Å². The van der Waals surface area contributed by atoms with Crippen LogP contribution in [0.2, 0.25) is 0 Å². The van der Waals surface area contributed by atoms with E-state index in [-0.39, 0.29) is 31.7 Å². The molecular formula is C23H26N4O7.